The molecule has 0 radical (unpaired) electrons. The van der Waals surface area contributed by atoms with Gasteiger partial charge in [-0.25, -0.2) is 4.79 Å². The van der Waals surface area contributed by atoms with Crippen LogP contribution in [-0.4, -0.2) is 5.11 Å². The van der Waals surface area contributed by atoms with Gasteiger partial charge in [0.25, 0.3) is 0 Å². The lowest BCUT2D eigenvalue weighted by molar-refractivity contribution is 0.306. The molecule has 3 rings (SSSR count). The van der Waals surface area contributed by atoms with Gasteiger partial charge in [0.2, 0.25) is 11.1 Å². The molecule has 2 aromatic carbocycles. The van der Waals surface area contributed by atoms with Crippen molar-refractivity contribution in [2.75, 3.05) is 0 Å². The first-order valence-electron chi connectivity index (χ1n) is 6.50. The van der Waals surface area contributed by atoms with Crippen molar-refractivity contribution in [1.82, 2.24) is 0 Å². The van der Waals surface area contributed by atoms with Crippen LogP contribution < -0.4 is 10.4 Å². The number of nitrogens with zero attached hydrogens (tertiary/aromatic N) is 2. The third kappa shape index (κ3) is 2.47. The van der Waals surface area contributed by atoms with Gasteiger partial charge in [-0.05, 0) is 17.7 Å². The van der Waals surface area contributed by atoms with Gasteiger partial charge < -0.3 is 14.3 Å². The van der Waals surface area contributed by atoms with E-state index in [0.717, 1.165) is 5.56 Å². The lowest BCUT2D eigenvalue weighted by Gasteiger charge is -2.06. The number of ether oxygens (including phenoxy) is 1. The molecular weight excluding hydrogens is 284 g/mol. The van der Waals surface area contributed by atoms with Crippen LogP contribution in [0, 0.1) is 5.39 Å². The van der Waals surface area contributed by atoms with Crippen LogP contribution >= 0.6 is 0 Å². The van der Waals surface area contributed by atoms with Gasteiger partial charge in [0.1, 0.15) is 17.9 Å². The van der Waals surface area contributed by atoms with Crippen LogP contribution in [0.2, 0.25) is 0 Å². The van der Waals surface area contributed by atoms with E-state index in [1.807, 2.05) is 30.3 Å². The average molecular weight is 295 g/mol. The SMILES string of the molecule is N#[N+]c1c(O)c2ccc(OCc3ccccc3)cc2oc1=O. The van der Waals surface area contributed by atoms with Gasteiger partial charge in [-0.1, -0.05) is 30.3 Å². The Bertz CT molecular complexity index is 927. The number of hydrogen-bond donors (Lipinski definition) is 1. The quantitative estimate of drug-likeness (QED) is 0.589. The fraction of sp³-hybridized carbons (Fsp3) is 0.0625. The Morgan fingerprint density at radius 3 is 2.68 bits per heavy atom. The van der Waals surface area contributed by atoms with Crippen molar-refractivity contribution in [3.05, 3.63) is 69.5 Å². The highest BCUT2D eigenvalue weighted by molar-refractivity contribution is 5.89. The van der Waals surface area contributed by atoms with E-state index in [-0.39, 0.29) is 11.0 Å². The Labute approximate surface area is 124 Å². The van der Waals surface area contributed by atoms with E-state index in [2.05, 4.69) is 4.98 Å². The highest BCUT2D eigenvalue weighted by Crippen LogP contribution is 2.33. The minimum Gasteiger partial charge on any atom is -0.501 e. The normalized spacial score (nSPS) is 10.3. The minimum atomic E-state index is -0.923. The average Bonchev–Trinajstić information content (AvgIpc) is 2.54. The second-order valence-corrected chi connectivity index (χ2v) is 4.62. The molecule has 108 valence electrons. The number of diazo groups is 1. The van der Waals surface area contributed by atoms with Crippen LogP contribution in [0.15, 0.2) is 57.7 Å². The molecular formula is C16H11N2O4+. The molecule has 0 aliphatic rings. The van der Waals surface area contributed by atoms with E-state index in [4.69, 9.17) is 14.5 Å². The fourth-order valence-electron chi connectivity index (χ4n) is 2.07. The van der Waals surface area contributed by atoms with Gasteiger partial charge in [0.05, 0.1) is 5.39 Å². The highest BCUT2D eigenvalue weighted by Gasteiger charge is 2.25. The molecule has 1 N–H and O–H groups in total. The predicted molar refractivity (Wildman–Crippen MR) is 79.7 cm³/mol. The van der Waals surface area contributed by atoms with Crippen molar-refractivity contribution in [1.29, 1.82) is 5.39 Å². The van der Waals surface area contributed by atoms with E-state index in [9.17, 15) is 9.90 Å². The van der Waals surface area contributed by atoms with Crippen molar-refractivity contribution >= 4 is 16.7 Å². The van der Waals surface area contributed by atoms with Gasteiger partial charge in [0, 0.05) is 6.07 Å². The first kappa shape index (κ1) is 13.6. The zero-order chi connectivity index (χ0) is 15.5. The molecule has 0 saturated carbocycles. The number of aromatic hydroxyl groups is 1. The van der Waals surface area contributed by atoms with Crippen LogP contribution in [0.25, 0.3) is 15.9 Å². The van der Waals surface area contributed by atoms with Crippen molar-refractivity contribution < 1.29 is 14.3 Å². The summed E-state index contributed by atoms with van der Waals surface area (Å²) in [5.41, 5.74) is -0.292. The zero-order valence-electron chi connectivity index (χ0n) is 11.4. The molecule has 0 unspecified atom stereocenters. The molecule has 22 heavy (non-hydrogen) atoms. The van der Waals surface area contributed by atoms with Crippen LogP contribution in [-0.2, 0) is 6.61 Å². The Kier molecular flexibility index (Phi) is 3.46. The summed E-state index contributed by atoms with van der Waals surface area (Å²) in [6.45, 7) is 0.368. The summed E-state index contributed by atoms with van der Waals surface area (Å²) in [5.74, 6) is 0.0657. The van der Waals surface area contributed by atoms with E-state index in [1.165, 1.54) is 12.1 Å². The molecule has 6 heteroatoms. The van der Waals surface area contributed by atoms with Gasteiger partial charge >= 0.3 is 11.3 Å². The van der Waals surface area contributed by atoms with Crippen molar-refractivity contribution in [3.63, 3.8) is 0 Å². The topological polar surface area (TPSA) is 87.8 Å². The second kappa shape index (κ2) is 5.58. The van der Waals surface area contributed by atoms with E-state index in [0.29, 0.717) is 12.4 Å². The first-order valence-corrected chi connectivity index (χ1v) is 6.50. The molecule has 1 heterocycles. The summed E-state index contributed by atoms with van der Waals surface area (Å²) in [4.78, 5) is 14.3. The highest BCUT2D eigenvalue weighted by atomic mass is 16.5. The molecule has 1 aromatic heterocycles. The predicted octanol–water partition coefficient (Wildman–Crippen LogP) is 3.56. The Morgan fingerprint density at radius 1 is 1.18 bits per heavy atom. The van der Waals surface area contributed by atoms with Crippen molar-refractivity contribution in [2.24, 2.45) is 0 Å². The third-order valence-corrected chi connectivity index (χ3v) is 3.18. The monoisotopic (exact) mass is 295 g/mol. The molecule has 0 spiro atoms. The van der Waals surface area contributed by atoms with Crippen LogP contribution in [0.4, 0.5) is 5.69 Å². The lowest BCUT2D eigenvalue weighted by Crippen LogP contribution is -1.98. The standard InChI is InChI=1S/C16H10N2O4/c17-18-14-15(19)12-7-6-11(8-13(12)22-16(14)20)21-9-10-4-2-1-3-5-10/h1-8H,9H2/p+1. The summed E-state index contributed by atoms with van der Waals surface area (Å²) in [5, 5.41) is 18.8. The van der Waals surface area contributed by atoms with E-state index in [1.54, 1.807) is 6.07 Å². The van der Waals surface area contributed by atoms with Crippen LogP contribution in [0.1, 0.15) is 5.56 Å². The Balaban J connectivity index is 1.94. The summed E-state index contributed by atoms with van der Waals surface area (Å²) in [6, 6.07) is 14.3. The summed E-state index contributed by atoms with van der Waals surface area (Å²) in [6.07, 6.45) is 0. The van der Waals surface area contributed by atoms with Crippen LogP contribution in [0.5, 0.6) is 11.5 Å². The first-order chi connectivity index (χ1) is 10.7. The second-order valence-electron chi connectivity index (χ2n) is 4.62. The Morgan fingerprint density at radius 2 is 1.95 bits per heavy atom. The summed E-state index contributed by atoms with van der Waals surface area (Å²) in [7, 11) is 0. The maximum Gasteiger partial charge on any atom is 0.510 e. The maximum atomic E-state index is 11.6. The van der Waals surface area contributed by atoms with Gasteiger partial charge in [-0.2, -0.15) is 0 Å². The molecule has 0 atom stereocenters. The molecule has 6 nitrogen and oxygen atoms in total. The number of fused-ring (bicyclic) bond motifs is 1. The minimum absolute atomic E-state index is 0.153. The molecule has 0 aliphatic heterocycles. The zero-order valence-corrected chi connectivity index (χ0v) is 11.4. The lowest BCUT2D eigenvalue weighted by atomic mass is 10.2. The van der Waals surface area contributed by atoms with Gasteiger partial charge in [-0.15, -0.1) is 0 Å². The summed E-state index contributed by atoms with van der Waals surface area (Å²) >= 11 is 0. The molecule has 0 aliphatic carbocycles. The Hall–Kier alpha value is -3.33. The van der Waals surface area contributed by atoms with E-state index < -0.39 is 17.1 Å². The summed E-state index contributed by atoms with van der Waals surface area (Å²) < 4.78 is 10.6. The number of benzene rings is 2. The molecule has 0 bridgehead atoms. The molecule has 3 aromatic rings. The smallest absolute Gasteiger partial charge is 0.501 e. The largest absolute Gasteiger partial charge is 0.510 e. The number of hydrogen-bond acceptors (Lipinski definition) is 5. The molecule has 0 saturated heterocycles. The van der Waals surface area contributed by atoms with Gasteiger partial charge in [-0.3, -0.25) is 0 Å². The van der Waals surface area contributed by atoms with Gasteiger partial charge in [0.15, 0.2) is 4.98 Å². The molecule has 0 fully saturated rings. The van der Waals surface area contributed by atoms with Crippen molar-refractivity contribution in [2.45, 2.75) is 6.61 Å². The van der Waals surface area contributed by atoms with E-state index >= 15 is 0 Å². The molecule has 0 amide bonds. The van der Waals surface area contributed by atoms with Crippen molar-refractivity contribution in [3.8, 4) is 11.5 Å². The third-order valence-electron chi connectivity index (χ3n) is 3.18. The number of rotatable bonds is 3. The maximum absolute atomic E-state index is 11.6. The van der Waals surface area contributed by atoms with Crippen LogP contribution in [0.3, 0.4) is 0 Å². The fourth-order valence-corrected chi connectivity index (χ4v) is 2.07.